The van der Waals surface area contributed by atoms with E-state index >= 15 is 0 Å². The smallest absolute Gasteiger partial charge is 0.274 e. The van der Waals surface area contributed by atoms with E-state index in [2.05, 4.69) is 20.2 Å². The standard InChI is InChI=1S/C18H24N4O3/c1-6-22(7-2)17-11-14(19-12(3)20-17)18(23)21-13-8-9-15(24-4)16(10-13)25-5/h8-11H,6-7H2,1-5H3,(H,21,23). The fourth-order valence-electron chi connectivity index (χ4n) is 2.49. The molecule has 1 heterocycles. The molecule has 2 aromatic rings. The number of aryl methyl sites for hydroxylation is 1. The molecular weight excluding hydrogens is 320 g/mol. The highest BCUT2D eigenvalue weighted by molar-refractivity contribution is 6.03. The van der Waals surface area contributed by atoms with Gasteiger partial charge in [0.15, 0.2) is 11.5 Å². The quantitative estimate of drug-likeness (QED) is 0.832. The Morgan fingerprint density at radius 1 is 1.08 bits per heavy atom. The number of rotatable bonds is 7. The van der Waals surface area contributed by atoms with Crippen molar-refractivity contribution in [1.82, 2.24) is 9.97 Å². The second kappa shape index (κ2) is 8.32. The average Bonchev–Trinajstić information content (AvgIpc) is 2.62. The highest BCUT2D eigenvalue weighted by Crippen LogP contribution is 2.29. The van der Waals surface area contributed by atoms with Gasteiger partial charge in [-0.1, -0.05) is 0 Å². The van der Waals surface area contributed by atoms with Gasteiger partial charge < -0.3 is 19.7 Å². The summed E-state index contributed by atoms with van der Waals surface area (Å²) in [6.07, 6.45) is 0. The Kier molecular flexibility index (Phi) is 6.16. The molecule has 25 heavy (non-hydrogen) atoms. The monoisotopic (exact) mass is 344 g/mol. The van der Waals surface area contributed by atoms with Crippen LogP contribution in [0, 0.1) is 6.92 Å². The molecule has 0 saturated heterocycles. The SMILES string of the molecule is CCN(CC)c1cc(C(=O)Nc2ccc(OC)c(OC)c2)nc(C)n1. The molecule has 0 saturated carbocycles. The lowest BCUT2D eigenvalue weighted by Gasteiger charge is -2.20. The minimum Gasteiger partial charge on any atom is -0.493 e. The fourth-order valence-corrected chi connectivity index (χ4v) is 2.49. The Labute approximate surface area is 148 Å². The first kappa shape index (κ1) is 18.5. The molecule has 0 unspecified atom stereocenters. The van der Waals surface area contributed by atoms with Crippen LogP contribution in [0.4, 0.5) is 11.5 Å². The lowest BCUT2D eigenvalue weighted by Crippen LogP contribution is -2.24. The summed E-state index contributed by atoms with van der Waals surface area (Å²) in [7, 11) is 3.11. The Hall–Kier alpha value is -2.83. The van der Waals surface area contributed by atoms with Crippen LogP contribution in [-0.2, 0) is 0 Å². The Bertz CT molecular complexity index is 745. The Morgan fingerprint density at radius 3 is 2.36 bits per heavy atom. The predicted molar refractivity (Wildman–Crippen MR) is 97.8 cm³/mol. The molecule has 1 aromatic carbocycles. The second-order valence-electron chi connectivity index (χ2n) is 5.35. The van der Waals surface area contributed by atoms with E-state index in [4.69, 9.17) is 9.47 Å². The minimum absolute atomic E-state index is 0.300. The van der Waals surface area contributed by atoms with Gasteiger partial charge in [-0.2, -0.15) is 0 Å². The van der Waals surface area contributed by atoms with Crippen LogP contribution in [0.1, 0.15) is 30.2 Å². The molecule has 1 N–H and O–H groups in total. The number of methoxy groups -OCH3 is 2. The zero-order valence-corrected chi connectivity index (χ0v) is 15.3. The van der Waals surface area contributed by atoms with Crippen LogP contribution in [0.15, 0.2) is 24.3 Å². The van der Waals surface area contributed by atoms with Gasteiger partial charge in [0.1, 0.15) is 17.3 Å². The van der Waals surface area contributed by atoms with E-state index in [1.165, 1.54) is 0 Å². The molecule has 0 atom stereocenters. The highest BCUT2D eigenvalue weighted by Gasteiger charge is 2.14. The first-order valence-electron chi connectivity index (χ1n) is 8.16. The average molecular weight is 344 g/mol. The van der Waals surface area contributed by atoms with Gasteiger partial charge in [-0.15, -0.1) is 0 Å². The lowest BCUT2D eigenvalue weighted by molar-refractivity contribution is 0.102. The van der Waals surface area contributed by atoms with Crippen molar-refractivity contribution < 1.29 is 14.3 Å². The van der Waals surface area contributed by atoms with E-state index in [9.17, 15) is 4.79 Å². The molecule has 0 aliphatic heterocycles. The van der Waals surface area contributed by atoms with Crippen LogP contribution < -0.4 is 19.7 Å². The second-order valence-corrected chi connectivity index (χ2v) is 5.35. The third kappa shape index (κ3) is 4.37. The van der Waals surface area contributed by atoms with Gasteiger partial charge in [0.25, 0.3) is 5.91 Å². The third-order valence-electron chi connectivity index (χ3n) is 3.79. The zero-order valence-electron chi connectivity index (χ0n) is 15.3. The normalized spacial score (nSPS) is 10.3. The topological polar surface area (TPSA) is 76.6 Å². The van der Waals surface area contributed by atoms with Crippen LogP contribution in [0.2, 0.25) is 0 Å². The number of hydrogen-bond acceptors (Lipinski definition) is 6. The van der Waals surface area contributed by atoms with Gasteiger partial charge in [0.2, 0.25) is 0 Å². The molecule has 0 bridgehead atoms. The fraction of sp³-hybridized carbons (Fsp3) is 0.389. The van der Waals surface area contributed by atoms with Gasteiger partial charge in [0.05, 0.1) is 14.2 Å². The summed E-state index contributed by atoms with van der Waals surface area (Å²) in [6, 6.07) is 6.89. The number of aromatic nitrogens is 2. The van der Waals surface area contributed by atoms with E-state index in [0.29, 0.717) is 28.7 Å². The molecule has 0 spiro atoms. The molecule has 134 valence electrons. The first-order chi connectivity index (χ1) is 12.0. The number of ether oxygens (including phenoxy) is 2. The number of nitrogens with zero attached hydrogens (tertiary/aromatic N) is 3. The van der Waals surface area contributed by atoms with Crippen LogP contribution in [-0.4, -0.2) is 43.2 Å². The number of carbonyl (C=O) groups is 1. The van der Waals surface area contributed by atoms with Crippen molar-refractivity contribution in [3.63, 3.8) is 0 Å². The maximum absolute atomic E-state index is 12.6. The number of anilines is 2. The number of amides is 1. The molecule has 1 aromatic heterocycles. The van der Waals surface area contributed by atoms with Crippen molar-refractivity contribution in [3.05, 3.63) is 35.8 Å². The van der Waals surface area contributed by atoms with Crippen molar-refractivity contribution in [2.75, 3.05) is 37.5 Å². The Morgan fingerprint density at radius 2 is 1.76 bits per heavy atom. The van der Waals surface area contributed by atoms with E-state index < -0.39 is 0 Å². The summed E-state index contributed by atoms with van der Waals surface area (Å²) >= 11 is 0. The molecular formula is C18H24N4O3. The molecule has 7 heteroatoms. The number of benzene rings is 1. The van der Waals surface area contributed by atoms with E-state index in [0.717, 1.165) is 18.9 Å². The van der Waals surface area contributed by atoms with Crippen molar-refractivity contribution in [1.29, 1.82) is 0 Å². The van der Waals surface area contributed by atoms with E-state index in [-0.39, 0.29) is 5.91 Å². The summed E-state index contributed by atoms with van der Waals surface area (Å²) in [5.41, 5.74) is 0.924. The minimum atomic E-state index is -0.300. The largest absolute Gasteiger partial charge is 0.493 e. The van der Waals surface area contributed by atoms with Gasteiger partial charge >= 0.3 is 0 Å². The van der Waals surface area contributed by atoms with Crippen molar-refractivity contribution in [2.45, 2.75) is 20.8 Å². The number of hydrogen-bond donors (Lipinski definition) is 1. The summed E-state index contributed by atoms with van der Waals surface area (Å²) in [5.74, 6) is 2.15. The van der Waals surface area contributed by atoms with E-state index in [1.54, 1.807) is 45.4 Å². The lowest BCUT2D eigenvalue weighted by atomic mass is 10.2. The molecule has 0 aliphatic carbocycles. The molecule has 0 radical (unpaired) electrons. The maximum Gasteiger partial charge on any atom is 0.274 e. The van der Waals surface area contributed by atoms with Crippen LogP contribution in [0.25, 0.3) is 0 Å². The van der Waals surface area contributed by atoms with E-state index in [1.807, 2.05) is 13.8 Å². The summed E-state index contributed by atoms with van der Waals surface area (Å²) in [6.45, 7) is 7.49. The predicted octanol–water partition coefficient (Wildman–Crippen LogP) is 2.90. The number of nitrogens with one attached hydrogen (secondary N) is 1. The third-order valence-corrected chi connectivity index (χ3v) is 3.79. The van der Waals surface area contributed by atoms with Gasteiger partial charge in [-0.05, 0) is 32.9 Å². The maximum atomic E-state index is 12.6. The molecule has 2 rings (SSSR count). The number of carbonyl (C=O) groups excluding carboxylic acids is 1. The van der Waals surface area contributed by atoms with Gasteiger partial charge in [-0.25, -0.2) is 9.97 Å². The van der Waals surface area contributed by atoms with Gasteiger partial charge in [-0.3, -0.25) is 4.79 Å². The summed E-state index contributed by atoms with van der Waals surface area (Å²) in [5, 5.41) is 2.83. The molecule has 1 amide bonds. The summed E-state index contributed by atoms with van der Waals surface area (Å²) < 4.78 is 10.5. The van der Waals surface area contributed by atoms with Crippen molar-refractivity contribution in [3.8, 4) is 11.5 Å². The first-order valence-corrected chi connectivity index (χ1v) is 8.16. The van der Waals surface area contributed by atoms with Gasteiger partial charge in [0, 0.05) is 30.9 Å². The van der Waals surface area contributed by atoms with Crippen molar-refractivity contribution >= 4 is 17.4 Å². The van der Waals surface area contributed by atoms with Crippen LogP contribution in [0.5, 0.6) is 11.5 Å². The van der Waals surface area contributed by atoms with Crippen LogP contribution >= 0.6 is 0 Å². The van der Waals surface area contributed by atoms with Crippen LogP contribution in [0.3, 0.4) is 0 Å². The molecule has 0 fully saturated rings. The van der Waals surface area contributed by atoms with Crippen molar-refractivity contribution in [2.24, 2.45) is 0 Å². The Balaban J connectivity index is 2.26. The zero-order chi connectivity index (χ0) is 18.4. The summed E-state index contributed by atoms with van der Waals surface area (Å²) in [4.78, 5) is 23.3. The highest BCUT2D eigenvalue weighted by atomic mass is 16.5. The molecule has 7 nitrogen and oxygen atoms in total. The molecule has 0 aliphatic rings.